The summed E-state index contributed by atoms with van der Waals surface area (Å²) in [5.74, 6) is 0.272. The van der Waals surface area contributed by atoms with Crippen LogP contribution in [-0.4, -0.2) is 10.1 Å². The van der Waals surface area contributed by atoms with Crippen molar-refractivity contribution >= 4 is 49.1 Å². The Labute approximate surface area is 139 Å². The second-order valence-electron chi connectivity index (χ2n) is 4.30. The van der Waals surface area contributed by atoms with Crippen LogP contribution in [0.25, 0.3) is 0 Å². The van der Waals surface area contributed by atoms with Crippen LogP contribution >= 0.6 is 43.5 Å². The minimum atomic E-state index is -0.0117. The van der Waals surface area contributed by atoms with E-state index < -0.39 is 0 Å². The Balaban J connectivity index is 2.28. The average Bonchev–Trinajstić information content (AvgIpc) is 2.43. The van der Waals surface area contributed by atoms with Gasteiger partial charge in [0.25, 0.3) is 0 Å². The zero-order chi connectivity index (χ0) is 14.7. The van der Waals surface area contributed by atoms with E-state index in [1.807, 2.05) is 18.2 Å². The number of nitrogens with zero attached hydrogens (tertiary/aromatic N) is 1. The summed E-state index contributed by atoms with van der Waals surface area (Å²) in [6.45, 7) is 2.05. The smallest absolute Gasteiger partial charge is 0.143 e. The van der Waals surface area contributed by atoms with Crippen molar-refractivity contribution in [2.75, 3.05) is 5.32 Å². The van der Waals surface area contributed by atoms with E-state index in [1.165, 1.54) is 0 Å². The molecule has 6 heteroatoms. The van der Waals surface area contributed by atoms with Crippen LogP contribution in [0.5, 0.6) is 5.75 Å². The predicted molar refractivity (Wildman–Crippen MR) is 89.4 cm³/mol. The molecule has 0 fully saturated rings. The van der Waals surface area contributed by atoms with Crippen LogP contribution in [0.4, 0.5) is 5.69 Å². The van der Waals surface area contributed by atoms with Crippen LogP contribution in [0.15, 0.2) is 39.4 Å². The van der Waals surface area contributed by atoms with Gasteiger partial charge >= 0.3 is 0 Å². The van der Waals surface area contributed by atoms with Crippen molar-refractivity contribution < 1.29 is 5.11 Å². The van der Waals surface area contributed by atoms with Crippen LogP contribution < -0.4 is 5.32 Å². The van der Waals surface area contributed by atoms with Gasteiger partial charge in [0.05, 0.1) is 22.4 Å². The number of phenolic OH excluding ortho intramolecular Hbond substituents is 1. The van der Waals surface area contributed by atoms with Gasteiger partial charge in [0.1, 0.15) is 10.9 Å². The van der Waals surface area contributed by atoms with Gasteiger partial charge in [-0.25, -0.2) is 4.98 Å². The fraction of sp³-hybridized carbons (Fsp3) is 0.214. The number of phenols is 1. The van der Waals surface area contributed by atoms with Gasteiger partial charge in [-0.1, -0.05) is 34.5 Å². The number of aromatic hydroxyl groups is 1. The highest BCUT2D eigenvalue weighted by Gasteiger charge is 2.14. The van der Waals surface area contributed by atoms with Crippen molar-refractivity contribution in [1.29, 1.82) is 0 Å². The number of aromatic nitrogens is 1. The SMILES string of the molecule is CCC(Nc1cnc(Cl)c(Br)c1)c1cc(Br)ccc1O. The second kappa shape index (κ2) is 6.78. The molecule has 1 atom stereocenters. The molecule has 2 rings (SSSR count). The van der Waals surface area contributed by atoms with Gasteiger partial charge in [-0.05, 0) is 46.6 Å². The maximum Gasteiger partial charge on any atom is 0.143 e. The molecular weight excluding hydrogens is 407 g/mol. The molecule has 0 spiro atoms. The maximum absolute atomic E-state index is 10.0. The Bertz CT molecular complexity index is 622. The van der Waals surface area contributed by atoms with Gasteiger partial charge in [-0.3, -0.25) is 0 Å². The zero-order valence-corrected chi connectivity index (χ0v) is 14.6. The Morgan fingerprint density at radius 3 is 2.75 bits per heavy atom. The lowest BCUT2D eigenvalue weighted by atomic mass is 10.0. The quantitative estimate of drug-likeness (QED) is 0.640. The summed E-state index contributed by atoms with van der Waals surface area (Å²) in [4.78, 5) is 4.08. The molecule has 1 heterocycles. The van der Waals surface area contributed by atoms with Gasteiger partial charge in [-0.2, -0.15) is 0 Å². The summed E-state index contributed by atoms with van der Waals surface area (Å²) in [5, 5.41) is 13.8. The first-order chi connectivity index (χ1) is 9.51. The Hall–Kier alpha value is -0.780. The molecule has 0 aliphatic rings. The van der Waals surface area contributed by atoms with E-state index >= 15 is 0 Å². The highest BCUT2D eigenvalue weighted by Crippen LogP contribution is 2.32. The van der Waals surface area contributed by atoms with Gasteiger partial charge in [-0.15, -0.1) is 0 Å². The first-order valence-corrected chi connectivity index (χ1v) is 8.03. The zero-order valence-electron chi connectivity index (χ0n) is 10.7. The van der Waals surface area contributed by atoms with Gasteiger partial charge in [0.15, 0.2) is 0 Å². The summed E-state index contributed by atoms with van der Waals surface area (Å²) in [6.07, 6.45) is 2.50. The molecule has 0 radical (unpaired) electrons. The average molecular weight is 421 g/mol. The van der Waals surface area contributed by atoms with E-state index in [0.29, 0.717) is 5.15 Å². The van der Waals surface area contributed by atoms with Crippen LogP contribution in [0.2, 0.25) is 5.15 Å². The molecule has 0 aliphatic carbocycles. The predicted octanol–water partition coefficient (Wildman–Crippen LogP) is 5.53. The molecule has 2 aromatic rings. The van der Waals surface area contributed by atoms with Crippen LogP contribution in [0.1, 0.15) is 24.9 Å². The van der Waals surface area contributed by atoms with Gasteiger partial charge in [0, 0.05) is 10.0 Å². The minimum absolute atomic E-state index is 0.0117. The number of hydrogen-bond donors (Lipinski definition) is 2. The lowest BCUT2D eigenvalue weighted by Gasteiger charge is -2.20. The van der Waals surface area contributed by atoms with Crippen LogP contribution in [0, 0.1) is 0 Å². The lowest BCUT2D eigenvalue weighted by Crippen LogP contribution is -2.10. The number of hydrogen-bond acceptors (Lipinski definition) is 3. The molecular formula is C14H13Br2ClN2O. The number of nitrogens with one attached hydrogen (secondary N) is 1. The van der Waals surface area contributed by atoms with E-state index in [4.69, 9.17) is 11.6 Å². The van der Waals surface area contributed by atoms with Crippen molar-refractivity contribution in [3.63, 3.8) is 0 Å². The van der Waals surface area contributed by atoms with E-state index in [9.17, 15) is 5.11 Å². The standard InChI is InChI=1S/C14H13Br2ClN2O/c1-2-12(10-5-8(15)3-4-13(10)20)19-9-6-11(16)14(17)18-7-9/h3-7,12,19-20H,2H2,1H3. The summed E-state index contributed by atoms with van der Waals surface area (Å²) in [5.41, 5.74) is 1.68. The van der Waals surface area contributed by atoms with E-state index in [0.717, 1.165) is 26.6 Å². The third-order valence-electron chi connectivity index (χ3n) is 2.91. The highest BCUT2D eigenvalue weighted by molar-refractivity contribution is 9.10. The minimum Gasteiger partial charge on any atom is -0.508 e. The molecule has 2 N–H and O–H groups in total. The maximum atomic E-state index is 10.0. The molecule has 0 aliphatic heterocycles. The van der Waals surface area contributed by atoms with Crippen molar-refractivity contribution in [2.24, 2.45) is 0 Å². The van der Waals surface area contributed by atoms with E-state index in [-0.39, 0.29) is 11.8 Å². The fourth-order valence-corrected chi connectivity index (χ4v) is 2.74. The Kier molecular flexibility index (Phi) is 5.29. The third kappa shape index (κ3) is 3.65. The second-order valence-corrected chi connectivity index (χ2v) is 6.43. The van der Waals surface area contributed by atoms with E-state index in [2.05, 4.69) is 49.1 Å². The van der Waals surface area contributed by atoms with Crippen LogP contribution in [-0.2, 0) is 0 Å². The van der Waals surface area contributed by atoms with Crippen molar-refractivity contribution in [2.45, 2.75) is 19.4 Å². The molecule has 1 aromatic heterocycles. The van der Waals surface area contributed by atoms with Crippen molar-refractivity contribution in [3.8, 4) is 5.75 Å². The topological polar surface area (TPSA) is 45.2 Å². The molecule has 106 valence electrons. The highest BCUT2D eigenvalue weighted by atomic mass is 79.9. The fourth-order valence-electron chi connectivity index (χ4n) is 1.91. The molecule has 0 amide bonds. The largest absolute Gasteiger partial charge is 0.508 e. The summed E-state index contributed by atoms with van der Waals surface area (Å²) >= 11 is 12.7. The number of anilines is 1. The van der Waals surface area contributed by atoms with Crippen molar-refractivity contribution in [1.82, 2.24) is 4.98 Å². The number of benzene rings is 1. The number of halogens is 3. The summed E-state index contributed by atoms with van der Waals surface area (Å²) < 4.78 is 1.67. The molecule has 0 saturated carbocycles. The first kappa shape index (κ1) is 15.6. The van der Waals surface area contributed by atoms with Crippen molar-refractivity contribution in [3.05, 3.63) is 50.1 Å². The molecule has 20 heavy (non-hydrogen) atoms. The lowest BCUT2D eigenvalue weighted by molar-refractivity contribution is 0.462. The summed E-state index contributed by atoms with van der Waals surface area (Å²) in [6, 6.07) is 7.26. The Morgan fingerprint density at radius 2 is 2.10 bits per heavy atom. The third-order valence-corrected chi connectivity index (χ3v) is 4.54. The molecule has 0 bridgehead atoms. The molecule has 3 nitrogen and oxygen atoms in total. The van der Waals surface area contributed by atoms with Gasteiger partial charge < -0.3 is 10.4 Å². The normalized spacial score (nSPS) is 12.2. The monoisotopic (exact) mass is 418 g/mol. The molecule has 1 unspecified atom stereocenters. The molecule has 1 aromatic carbocycles. The van der Waals surface area contributed by atoms with Gasteiger partial charge in [0.2, 0.25) is 0 Å². The number of rotatable bonds is 4. The molecule has 0 saturated heterocycles. The van der Waals surface area contributed by atoms with Crippen LogP contribution in [0.3, 0.4) is 0 Å². The number of pyridine rings is 1. The Morgan fingerprint density at radius 1 is 1.35 bits per heavy atom. The summed E-state index contributed by atoms with van der Waals surface area (Å²) in [7, 11) is 0. The van der Waals surface area contributed by atoms with E-state index in [1.54, 1.807) is 12.3 Å². The first-order valence-electron chi connectivity index (χ1n) is 6.07.